The molecule has 12 nitrogen and oxygen atoms in total. The van der Waals surface area contributed by atoms with Crippen LogP contribution in [0.3, 0.4) is 0 Å². The van der Waals surface area contributed by atoms with E-state index in [1.54, 1.807) is 19.9 Å². The smallest absolute Gasteiger partial charge is 0.409 e. The van der Waals surface area contributed by atoms with Gasteiger partial charge in [-0.05, 0) is 66.6 Å². The van der Waals surface area contributed by atoms with Gasteiger partial charge in [-0.15, -0.1) is 0 Å². The molecule has 2 aliphatic heterocycles. The Balaban J connectivity index is 1.34. The maximum absolute atomic E-state index is 15.2. The summed E-state index contributed by atoms with van der Waals surface area (Å²) in [7, 11) is 0. The number of carbonyl (C=O) groups is 3. The number of aliphatic hydroxyl groups is 2. The summed E-state index contributed by atoms with van der Waals surface area (Å²) in [5, 5.41) is 36.9. The van der Waals surface area contributed by atoms with Crippen molar-refractivity contribution in [1.29, 1.82) is 0 Å². The van der Waals surface area contributed by atoms with Gasteiger partial charge in [-0.3, -0.25) is 14.9 Å². The molecule has 236 valence electrons. The first-order chi connectivity index (χ1) is 21.9. The third-order valence-electron chi connectivity index (χ3n) is 9.42. The third-order valence-corrected chi connectivity index (χ3v) is 9.42. The molecule has 0 saturated heterocycles. The quantitative estimate of drug-likeness (QED) is 0.182. The van der Waals surface area contributed by atoms with Gasteiger partial charge >= 0.3 is 12.1 Å². The van der Waals surface area contributed by atoms with Crippen molar-refractivity contribution in [2.75, 3.05) is 5.32 Å². The number of benzene rings is 2. The highest BCUT2D eigenvalue weighted by molar-refractivity contribution is 5.94. The minimum atomic E-state index is -2.01. The van der Waals surface area contributed by atoms with Gasteiger partial charge in [-0.25, -0.2) is 19.0 Å². The first-order valence-electron chi connectivity index (χ1n) is 14.8. The van der Waals surface area contributed by atoms with Gasteiger partial charge in [-0.1, -0.05) is 19.1 Å². The minimum absolute atomic E-state index is 0.0198. The zero-order valence-corrected chi connectivity index (χ0v) is 24.8. The molecule has 1 aliphatic carbocycles. The number of anilines is 1. The Bertz CT molecular complexity index is 2080. The highest BCUT2D eigenvalue weighted by atomic mass is 19.1. The Morgan fingerprint density at radius 3 is 2.61 bits per heavy atom. The number of hydrogen-bond acceptors (Lipinski definition) is 8. The molecule has 3 atom stereocenters. The van der Waals surface area contributed by atoms with Crippen molar-refractivity contribution in [3.63, 3.8) is 0 Å². The Labute approximate surface area is 260 Å². The highest BCUT2D eigenvalue weighted by Gasteiger charge is 2.46. The second-order valence-electron chi connectivity index (χ2n) is 11.9. The topological polar surface area (TPSA) is 180 Å². The molecule has 3 aliphatic rings. The lowest BCUT2D eigenvalue weighted by atomic mass is 9.81. The Morgan fingerprint density at radius 2 is 1.91 bits per heavy atom. The van der Waals surface area contributed by atoms with Crippen LogP contribution in [-0.4, -0.2) is 42.8 Å². The van der Waals surface area contributed by atoms with Crippen LogP contribution in [0.1, 0.15) is 70.9 Å². The van der Waals surface area contributed by atoms with E-state index in [2.05, 4.69) is 10.6 Å². The number of aryl methyl sites for hydroxylation is 1. The van der Waals surface area contributed by atoms with Gasteiger partial charge in [-0.2, -0.15) is 0 Å². The summed E-state index contributed by atoms with van der Waals surface area (Å²) in [6.45, 7) is 3.09. The predicted molar refractivity (Wildman–Crippen MR) is 161 cm³/mol. The number of aliphatic hydroxyl groups excluding tert-OH is 1. The molecule has 4 heterocycles. The average Bonchev–Trinajstić information content (AvgIpc) is 3.40. The molecule has 2 aromatic heterocycles. The standard InChI is InChI=1S/C33H29FN4O8/c1-3-33(45)20-10-24-27-18(12-38(24)30(41)19(20)13-46-31(33)42)26-22(9-8-17-14(2)21(34)11-23(36-27)25(17)26)37-29(40)28(39)15-4-6-16(7-5-15)35-32(43)44/h4-7,10-11,22,28,35,39,45H,3,8-9,12-13H2,1-2H3,(H,37,40)(H,43,44)/t22-,28?,33-/m0/s1. The van der Waals surface area contributed by atoms with E-state index in [-0.39, 0.29) is 42.0 Å². The summed E-state index contributed by atoms with van der Waals surface area (Å²) in [6, 6.07) is 8.01. The maximum atomic E-state index is 15.2. The molecule has 2 amide bonds. The zero-order valence-electron chi connectivity index (χ0n) is 24.8. The number of rotatable bonds is 5. The van der Waals surface area contributed by atoms with Crippen LogP contribution in [0.4, 0.5) is 14.9 Å². The molecule has 0 fully saturated rings. The zero-order chi connectivity index (χ0) is 32.7. The number of fused-ring (bicyclic) bond motifs is 5. The van der Waals surface area contributed by atoms with Crippen LogP contribution < -0.4 is 16.2 Å². The fourth-order valence-electron chi connectivity index (χ4n) is 6.97. The summed E-state index contributed by atoms with van der Waals surface area (Å²) in [5.41, 5.74) is 1.93. The first-order valence-corrected chi connectivity index (χ1v) is 14.8. The molecule has 7 rings (SSSR count). The van der Waals surface area contributed by atoms with E-state index in [1.807, 2.05) is 0 Å². The van der Waals surface area contributed by atoms with Crippen molar-refractivity contribution < 1.29 is 38.8 Å². The molecule has 0 bridgehead atoms. The van der Waals surface area contributed by atoms with Crippen molar-refractivity contribution in [3.05, 3.63) is 91.5 Å². The fraction of sp³-hybridized carbons (Fsp3) is 0.303. The number of hydrogen-bond donors (Lipinski definition) is 5. The number of aromatic nitrogens is 2. The van der Waals surface area contributed by atoms with Gasteiger partial charge in [0.1, 0.15) is 12.4 Å². The van der Waals surface area contributed by atoms with Crippen LogP contribution in [0, 0.1) is 12.7 Å². The molecular formula is C33H29FN4O8. The molecule has 0 radical (unpaired) electrons. The predicted octanol–water partition coefficient (Wildman–Crippen LogP) is 3.45. The average molecular weight is 629 g/mol. The van der Waals surface area contributed by atoms with E-state index >= 15 is 4.39 Å². The van der Waals surface area contributed by atoms with Gasteiger partial charge in [0.15, 0.2) is 11.7 Å². The van der Waals surface area contributed by atoms with Crippen molar-refractivity contribution in [1.82, 2.24) is 14.9 Å². The Morgan fingerprint density at radius 1 is 1.17 bits per heavy atom. The van der Waals surface area contributed by atoms with Gasteiger partial charge in [0.05, 0.1) is 35.1 Å². The number of carbonyl (C=O) groups excluding carboxylic acids is 2. The summed E-state index contributed by atoms with van der Waals surface area (Å²) >= 11 is 0. The number of nitrogens with one attached hydrogen (secondary N) is 2. The number of ether oxygens (including phenoxy) is 1. The number of pyridine rings is 2. The molecule has 2 aromatic carbocycles. The van der Waals surface area contributed by atoms with E-state index in [0.29, 0.717) is 51.8 Å². The normalized spacial score (nSPS) is 19.9. The lowest BCUT2D eigenvalue weighted by Gasteiger charge is -2.31. The summed E-state index contributed by atoms with van der Waals surface area (Å²) in [4.78, 5) is 55.5. The summed E-state index contributed by atoms with van der Waals surface area (Å²) in [6.07, 6.45) is -2.04. The van der Waals surface area contributed by atoms with Crippen molar-refractivity contribution >= 4 is 34.6 Å². The number of nitrogens with zero attached hydrogens (tertiary/aromatic N) is 2. The van der Waals surface area contributed by atoms with Crippen molar-refractivity contribution in [2.24, 2.45) is 0 Å². The second kappa shape index (κ2) is 10.5. The number of carboxylic acid groups (broad SMARTS) is 1. The van der Waals surface area contributed by atoms with Crippen LogP contribution in [0.5, 0.6) is 0 Å². The van der Waals surface area contributed by atoms with Gasteiger partial charge in [0.2, 0.25) is 0 Å². The van der Waals surface area contributed by atoms with Crippen LogP contribution in [0.25, 0.3) is 22.3 Å². The van der Waals surface area contributed by atoms with E-state index in [0.717, 1.165) is 5.56 Å². The second-order valence-corrected chi connectivity index (χ2v) is 11.9. The highest BCUT2D eigenvalue weighted by Crippen LogP contribution is 2.46. The largest absolute Gasteiger partial charge is 0.465 e. The van der Waals surface area contributed by atoms with Crippen molar-refractivity contribution in [2.45, 2.75) is 64.0 Å². The lowest BCUT2D eigenvalue weighted by Crippen LogP contribution is -2.44. The minimum Gasteiger partial charge on any atom is -0.465 e. The Kier molecular flexibility index (Phi) is 6.72. The van der Waals surface area contributed by atoms with Crippen LogP contribution in [-0.2, 0) is 39.5 Å². The summed E-state index contributed by atoms with van der Waals surface area (Å²) in [5.74, 6) is -1.98. The molecule has 1 unspecified atom stereocenters. The van der Waals surface area contributed by atoms with E-state index in [1.165, 1.54) is 34.9 Å². The number of halogens is 1. The van der Waals surface area contributed by atoms with E-state index in [9.17, 15) is 29.4 Å². The summed E-state index contributed by atoms with van der Waals surface area (Å²) < 4.78 is 21.8. The molecule has 5 N–H and O–H groups in total. The van der Waals surface area contributed by atoms with Crippen LogP contribution >= 0.6 is 0 Å². The first kappa shape index (κ1) is 29.6. The number of cyclic esters (lactones) is 1. The fourth-order valence-corrected chi connectivity index (χ4v) is 6.97. The molecule has 0 saturated carbocycles. The monoisotopic (exact) mass is 628 g/mol. The van der Waals surface area contributed by atoms with E-state index < -0.39 is 47.1 Å². The van der Waals surface area contributed by atoms with Gasteiger partial charge < -0.3 is 29.9 Å². The van der Waals surface area contributed by atoms with Gasteiger partial charge in [0, 0.05) is 28.3 Å². The van der Waals surface area contributed by atoms with Crippen molar-refractivity contribution in [3.8, 4) is 11.4 Å². The number of esters is 1. The molecule has 4 aromatic rings. The van der Waals surface area contributed by atoms with Crippen LogP contribution in [0.2, 0.25) is 0 Å². The molecule has 13 heteroatoms. The molecule has 0 spiro atoms. The molecular weight excluding hydrogens is 599 g/mol. The van der Waals surface area contributed by atoms with E-state index in [4.69, 9.17) is 14.8 Å². The SMILES string of the molecule is CC[C@@]1(O)C(=O)OCc2c1cc1n(c2=O)Cc2c-1nc1cc(F)c(C)c3c1c2[C@@H](NC(=O)C(O)c1ccc(NC(=O)O)cc1)CC3. The van der Waals surface area contributed by atoms with Crippen LogP contribution in [0.15, 0.2) is 41.2 Å². The lowest BCUT2D eigenvalue weighted by molar-refractivity contribution is -0.172. The maximum Gasteiger partial charge on any atom is 0.409 e. The third kappa shape index (κ3) is 4.30. The Hall–Kier alpha value is -5.14. The number of amides is 2. The van der Waals surface area contributed by atoms with Gasteiger partial charge in [0.25, 0.3) is 11.5 Å². The molecule has 46 heavy (non-hydrogen) atoms.